The molecule has 1 aliphatic heterocycles. The molecular formula is C12H15BrN2O2. The number of amides is 1. The highest BCUT2D eigenvalue weighted by Gasteiger charge is 2.26. The Hall–Kier alpha value is -1.07. The zero-order valence-corrected chi connectivity index (χ0v) is 11.2. The molecule has 1 heterocycles. The molecule has 0 bridgehead atoms. The van der Waals surface area contributed by atoms with Gasteiger partial charge in [-0.2, -0.15) is 0 Å². The van der Waals surface area contributed by atoms with E-state index in [9.17, 15) is 4.79 Å². The van der Waals surface area contributed by atoms with Crippen LogP contribution in [-0.4, -0.2) is 36.6 Å². The maximum atomic E-state index is 12.4. The van der Waals surface area contributed by atoms with Crippen molar-refractivity contribution in [1.29, 1.82) is 0 Å². The van der Waals surface area contributed by atoms with Crippen LogP contribution in [0.2, 0.25) is 0 Å². The number of carbonyl (C=O) groups excluding carboxylic acids is 1. The lowest BCUT2D eigenvalue weighted by Crippen LogP contribution is -2.47. The van der Waals surface area contributed by atoms with E-state index in [1.165, 1.54) is 0 Å². The molecule has 1 amide bonds. The summed E-state index contributed by atoms with van der Waals surface area (Å²) in [5, 5.41) is 0. The predicted molar refractivity (Wildman–Crippen MR) is 69.9 cm³/mol. The lowest BCUT2D eigenvalue weighted by Gasteiger charge is -2.33. The molecule has 1 fully saturated rings. The Bertz CT molecular complexity index is 437. The van der Waals surface area contributed by atoms with E-state index >= 15 is 0 Å². The smallest absolute Gasteiger partial charge is 0.255 e. The quantitative estimate of drug-likeness (QED) is 0.806. The van der Waals surface area contributed by atoms with Crippen molar-refractivity contribution in [3.05, 3.63) is 28.2 Å². The summed E-state index contributed by atoms with van der Waals surface area (Å²) in [7, 11) is 0. The number of nitrogens with two attached hydrogens (primary N) is 1. The summed E-state index contributed by atoms with van der Waals surface area (Å²) in [6, 6.07) is 5.44. The van der Waals surface area contributed by atoms with Gasteiger partial charge in [0, 0.05) is 12.2 Å². The number of nitrogen functional groups attached to an aromatic ring is 1. The number of benzene rings is 1. The van der Waals surface area contributed by atoms with Gasteiger partial charge in [-0.15, -0.1) is 0 Å². The molecule has 2 rings (SSSR count). The van der Waals surface area contributed by atoms with Gasteiger partial charge in [0.25, 0.3) is 5.91 Å². The van der Waals surface area contributed by atoms with E-state index < -0.39 is 0 Å². The molecule has 2 N–H and O–H groups in total. The van der Waals surface area contributed by atoms with Gasteiger partial charge in [-0.25, -0.2) is 0 Å². The normalized spacial score (nSPS) is 20.4. The monoisotopic (exact) mass is 298 g/mol. The molecule has 1 unspecified atom stereocenters. The molecule has 17 heavy (non-hydrogen) atoms. The van der Waals surface area contributed by atoms with E-state index in [2.05, 4.69) is 15.9 Å². The fourth-order valence-electron chi connectivity index (χ4n) is 1.90. The van der Waals surface area contributed by atoms with Crippen molar-refractivity contribution in [2.75, 3.05) is 25.5 Å². The van der Waals surface area contributed by atoms with Crippen molar-refractivity contribution < 1.29 is 9.53 Å². The number of ether oxygens (including phenoxy) is 1. The highest BCUT2D eigenvalue weighted by molar-refractivity contribution is 9.10. The van der Waals surface area contributed by atoms with Crippen LogP contribution in [0.15, 0.2) is 22.7 Å². The van der Waals surface area contributed by atoms with Crippen LogP contribution in [0.4, 0.5) is 5.69 Å². The molecule has 1 aromatic rings. The molecule has 92 valence electrons. The number of rotatable bonds is 1. The van der Waals surface area contributed by atoms with Gasteiger partial charge < -0.3 is 15.4 Å². The Morgan fingerprint density at radius 3 is 3.06 bits per heavy atom. The average molecular weight is 299 g/mol. The van der Waals surface area contributed by atoms with Crippen molar-refractivity contribution in [1.82, 2.24) is 4.90 Å². The molecule has 5 heteroatoms. The molecule has 0 aliphatic carbocycles. The Balaban J connectivity index is 2.27. The van der Waals surface area contributed by atoms with E-state index in [0.29, 0.717) is 35.5 Å². The molecule has 0 aromatic heterocycles. The maximum Gasteiger partial charge on any atom is 0.255 e. The number of halogens is 1. The van der Waals surface area contributed by atoms with E-state index in [1.807, 2.05) is 11.8 Å². The number of morpholine rings is 1. The van der Waals surface area contributed by atoms with E-state index in [4.69, 9.17) is 10.5 Å². The van der Waals surface area contributed by atoms with Crippen molar-refractivity contribution >= 4 is 27.5 Å². The van der Waals surface area contributed by atoms with E-state index in [1.54, 1.807) is 18.2 Å². The summed E-state index contributed by atoms with van der Waals surface area (Å²) in [6.45, 7) is 3.79. The molecule has 1 aromatic carbocycles. The lowest BCUT2D eigenvalue weighted by molar-refractivity contribution is 0.00355. The van der Waals surface area contributed by atoms with E-state index in [-0.39, 0.29) is 11.9 Å². The molecular weight excluding hydrogens is 284 g/mol. The van der Waals surface area contributed by atoms with Gasteiger partial charge in [0.05, 0.1) is 29.3 Å². The first-order chi connectivity index (χ1) is 8.11. The molecule has 4 nitrogen and oxygen atoms in total. The first kappa shape index (κ1) is 12.4. The van der Waals surface area contributed by atoms with Gasteiger partial charge in [-0.05, 0) is 35.0 Å². The molecule has 0 saturated carbocycles. The summed E-state index contributed by atoms with van der Waals surface area (Å²) in [5.74, 6) is -0.0000231. The second kappa shape index (κ2) is 5.06. The van der Waals surface area contributed by atoms with Crippen molar-refractivity contribution in [2.24, 2.45) is 0 Å². The number of hydrogen-bond donors (Lipinski definition) is 1. The second-order valence-corrected chi connectivity index (χ2v) is 4.92. The van der Waals surface area contributed by atoms with E-state index in [0.717, 1.165) is 0 Å². The number of nitrogens with zero attached hydrogens (tertiary/aromatic N) is 1. The van der Waals surface area contributed by atoms with Gasteiger partial charge in [0.15, 0.2) is 0 Å². The van der Waals surface area contributed by atoms with Crippen LogP contribution in [0.25, 0.3) is 0 Å². The van der Waals surface area contributed by atoms with Crippen LogP contribution in [0.1, 0.15) is 17.3 Å². The first-order valence-electron chi connectivity index (χ1n) is 5.54. The van der Waals surface area contributed by atoms with Crippen LogP contribution in [0.3, 0.4) is 0 Å². The van der Waals surface area contributed by atoms with Crippen molar-refractivity contribution in [3.63, 3.8) is 0 Å². The highest BCUT2D eigenvalue weighted by Crippen LogP contribution is 2.25. The van der Waals surface area contributed by atoms with Gasteiger partial charge in [-0.3, -0.25) is 4.79 Å². The summed E-state index contributed by atoms with van der Waals surface area (Å²) < 4.78 is 5.99. The minimum atomic E-state index is -0.0000231. The Kier molecular flexibility index (Phi) is 3.69. The standard InChI is InChI=1S/C12H15BrN2O2/c1-8-7-17-6-5-15(8)12(16)9-3-2-4-10(14)11(9)13/h2-4,8H,5-7,14H2,1H3. The van der Waals surface area contributed by atoms with Gasteiger partial charge >= 0.3 is 0 Å². The fourth-order valence-corrected chi connectivity index (χ4v) is 2.33. The number of anilines is 1. The molecule has 1 saturated heterocycles. The van der Waals surface area contributed by atoms with Gasteiger partial charge in [0.2, 0.25) is 0 Å². The fraction of sp³-hybridized carbons (Fsp3) is 0.417. The topological polar surface area (TPSA) is 55.6 Å². The number of hydrogen-bond acceptors (Lipinski definition) is 3. The predicted octanol–water partition coefficient (Wildman–Crippen LogP) is 1.89. The van der Waals surface area contributed by atoms with Crippen LogP contribution >= 0.6 is 15.9 Å². The minimum absolute atomic E-state index is 0.0000231. The molecule has 1 atom stereocenters. The Morgan fingerprint density at radius 2 is 2.35 bits per heavy atom. The summed E-state index contributed by atoms with van der Waals surface area (Å²) in [4.78, 5) is 14.2. The van der Waals surface area contributed by atoms with Crippen molar-refractivity contribution in [2.45, 2.75) is 13.0 Å². The summed E-state index contributed by atoms with van der Waals surface area (Å²) >= 11 is 3.36. The highest BCUT2D eigenvalue weighted by atomic mass is 79.9. The van der Waals surface area contributed by atoms with Crippen LogP contribution in [-0.2, 0) is 4.74 Å². The third-order valence-electron chi connectivity index (χ3n) is 2.89. The summed E-state index contributed by atoms with van der Waals surface area (Å²) in [6.07, 6.45) is 0. The second-order valence-electron chi connectivity index (χ2n) is 4.13. The van der Waals surface area contributed by atoms with Crippen LogP contribution < -0.4 is 5.73 Å². The zero-order chi connectivity index (χ0) is 12.4. The van der Waals surface area contributed by atoms with Gasteiger partial charge in [-0.1, -0.05) is 6.07 Å². The first-order valence-corrected chi connectivity index (χ1v) is 6.33. The zero-order valence-electron chi connectivity index (χ0n) is 9.65. The summed E-state index contributed by atoms with van der Waals surface area (Å²) in [5.41, 5.74) is 6.97. The van der Waals surface area contributed by atoms with Crippen LogP contribution in [0, 0.1) is 0 Å². The lowest BCUT2D eigenvalue weighted by atomic mass is 10.1. The van der Waals surface area contributed by atoms with Crippen molar-refractivity contribution in [3.8, 4) is 0 Å². The Labute approximate surface area is 109 Å². The number of carbonyl (C=O) groups is 1. The molecule has 1 aliphatic rings. The van der Waals surface area contributed by atoms with Crippen LogP contribution in [0.5, 0.6) is 0 Å². The molecule has 0 radical (unpaired) electrons. The maximum absolute atomic E-state index is 12.4. The van der Waals surface area contributed by atoms with Gasteiger partial charge in [0.1, 0.15) is 0 Å². The average Bonchev–Trinajstić information content (AvgIpc) is 2.32. The Morgan fingerprint density at radius 1 is 1.59 bits per heavy atom. The minimum Gasteiger partial charge on any atom is -0.398 e. The third-order valence-corrected chi connectivity index (χ3v) is 3.77. The molecule has 0 spiro atoms. The third kappa shape index (κ3) is 2.45. The largest absolute Gasteiger partial charge is 0.398 e. The SMILES string of the molecule is CC1COCCN1C(=O)c1cccc(N)c1Br.